The van der Waals surface area contributed by atoms with Crippen LogP contribution in [0.2, 0.25) is 0 Å². The summed E-state index contributed by atoms with van der Waals surface area (Å²) in [6.07, 6.45) is 0.657. The predicted molar refractivity (Wildman–Crippen MR) is 73.7 cm³/mol. The quantitative estimate of drug-likeness (QED) is 0.489. The summed E-state index contributed by atoms with van der Waals surface area (Å²) in [6.45, 7) is 3.30. The third-order valence-corrected chi connectivity index (χ3v) is 3.87. The molecule has 1 saturated carbocycles. The second kappa shape index (κ2) is 5.16. The SMILES string of the molecule is Cc1ccc(C(C)NC(=O)C2(C(=O)O)CC2)cc1[N+](=O)[O-]. The first kappa shape index (κ1) is 15.0. The van der Waals surface area contributed by atoms with Crippen molar-refractivity contribution in [1.29, 1.82) is 0 Å². The van der Waals surface area contributed by atoms with Gasteiger partial charge in [-0.15, -0.1) is 0 Å². The van der Waals surface area contributed by atoms with Crippen molar-refractivity contribution in [3.8, 4) is 0 Å². The number of amides is 1. The number of nitrogens with one attached hydrogen (secondary N) is 1. The zero-order chi connectivity index (χ0) is 15.8. The van der Waals surface area contributed by atoms with Crippen molar-refractivity contribution in [2.75, 3.05) is 0 Å². The van der Waals surface area contributed by atoms with E-state index in [2.05, 4.69) is 5.32 Å². The van der Waals surface area contributed by atoms with Gasteiger partial charge in [-0.2, -0.15) is 0 Å². The standard InChI is InChI=1S/C14H16N2O5/c1-8-3-4-10(7-11(8)16(20)21)9(2)15-12(17)14(5-6-14)13(18)19/h3-4,7,9H,5-6H2,1-2H3,(H,15,17)(H,18,19). The van der Waals surface area contributed by atoms with Crippen LogP contribution in [-0.4, -0.2) is 21.9 Å². The van der Waals surface area contributed by atoms with Crippen molar-refractivity contribution in [1.82, 2.24) is 5.32 Å². The van der Waals surface area contributed by atoms with Gasteiger partial charge in [0.15, 0.2) is 0 Å². The lowest BCUT2D eigenvalue weighted by Gasteiger charge is -2.17. The van der Waals surface area contributed by atoms with Crippen LogP contribution in [-0.2, 0) is 9.59 Å². The second-order valence-electron chi connectivity index (χ2n) is 5.39. The van der Waals surface area contributed by atoms with Gasteiger partial charge >= 0.3 is 5.97 Å². The van der Waals surface area contributed by atoms with Gasteiger partial charge in [-0.05, 0) is 32.3 Å². The van der Waals surface area contributed by atoms with E-state index in [-0.39, 0.29) is 5.69 Å². The van der Waals surface area contributed by atoms with Crippen molar-refractivity contribution < 1.29 is 19.6 Å². The van der Waals surface area contributed by atoms with E-state index in [0.29, 0.717) is 24.0 Å². The number of carboxylic acids is 1. The van der Waals surface area contributed by atoms with Gasteiger partial charge in [0.25, 0.3) is 5.69 Å². The molecule has 1 aromatic carbocycles. The van der Waals surface area contributed by atoms with E-state index in [1.54, 1.807) is 26.0 Å². The Morgan fingerprint density at radius 1 is 1.43 bits per heavy atom. The molecule has 112 valence electrons. The van der Waals surface area contributed by atoms with E-state index in [1.807, 2.05) is 0 Å². The van der Waals surface area contributed by atoms with Crippen LogP contribution in [0.25, 0.3) is 0 Å². The Bertz CT molecular complexity index is 622. The number of benzene rings is 1. The first-order chi connectivity index (χ1) is 9.78. The molecule has 1 aliphatic rings. The number of rotatable bonds is 5. The fourth-order valence-electron chi connectivity index (χ4n) is 2.17. The molecule has 0 radical (unpaired) electrons. The second-order valence-corrected chi connectivity index (χ2v) is 5.39. The van der Waals surface area contributed by atoms with Crippen molar-refractivity contribution >= 4 is 17.6 Å². The lowest BCUT2D eigenvalue weighted by molar-refractivity contribution is -0.385. The lowest BCUT2D eigenvalue weighted by atomic mass is 10.0. The summed E-state index contributed by atoms with van der Waals surface area (Å²) in [7, 11) is 0. The van der Waals surface area contributed by atoms with Crippen LogP contribution in [0.4, 0.5) is 5.69 Å². The van der Waals surface area contributed by atoms with Gasteiger partial charge in [-0.25, -0.2) is 0 Å². The number of nitro groups is 1. The van der Waals surface area contributed by atoms with Gasteiger partial charge in [0.2, 0.25) is 5.91 Å². The van der Waals surface area contributed by atoms with Gasteiger partial charge in [0, 0.05) is 11.6 Å². The lowest BCUT2D eigenvalue weighted by Crippen LogP contribution is -2.38. The highest BCUT2D eigenvalue weighted by Gasteiger charge is 2.57. The van der Waals surface area contributed by atoms with Gasteiger partial charge in [-0.3, -0.25) is 19.7 Å². The molecule has 2 rings (SSSR count). The van der Waals surface area contributed by atoms with Crippen molar-refractivity contribution in [2.24, 2.45) is 5.41 Å². The minimum Gasteiger partial charge on any atom is -0.480 e. The normalized spacial score (nSPS) is 16.9. The van der Waals surface area contributed by atoms with Crippen LogP contribution in [0, 0.1) is 22.5 Å². The monoisotopic (exact) mass is 292 g/mol. The molecular weight excluding hydrogens is 276 g/mol. The van der Waals surface area contributed by atoms with Crippen LogP contribution < -0.4 is 5.32 Å². The maximum absolute atomic E-state index is 12.0. The molecule has 1 fully saturated rings. The van der Waals surface area contributed by atoms with E-state index in [9.17, 15) is 19.7 Å². The molecule has 0 spiro atoms. The van der Waals surface area contributed by atoms with Crippen molar-refractivity contribution in [3.05, 3.63) is 39.4 Å². The molecular formula is C14H16N2O5. The van der Waals surface area contributed by atoms with Gasteiger partial charge in [0.1, 0.15) is 5.41 Å². The molecule has 0 aromatic heterocycles. The summed E-state index contributed by atoms with van der Waals surface area (Å²) >= 11 is 0. The molecule has 1 aromatic rings. The highest BCUT2D eigenvalue weighted by molar-refractivity contribution is 6.04. The third-order valence-electron chi connectivity index (χ3n) is 3.87. The molecule has 1 amide bonds. The molecule has 1 unspecified atom stereocenters. The number of carbonyl (C=O) groups is 2. The van der Waals surface area contributed by atoms with Crippen LogP contribution in [0.15, 0.2) is 18.2 Å². The highest BCUT2D eigenvalue weighted by Crippen LogP contribution is 2.46. The Morgan fingerprint density at radius 3 is 2.52 bits per heavy atom. The van der Waals surface area contributed by atoms with E-state index >= 15 is 0 Å². The van der Waals surface area contributed by atoms with Crippen molar-refractivity contribution in [3.63, 3.8) is 0 Å². The molecule has 1 atom stereocenters. The first-order valence-electron chi connectivity index (χ1n) is 6.57. The smallest absolute Gasteiger partial charge is 0.319 e. The number of aliphatic carboxylic acids is 1. The van der Waals surface area contributed by atoms with Crippen LogP contribution in [0.1, 0.15) is 36.9 Å². The van der Waals surface area contributed by atoms with Crippen LogP contribution >= 0.6 is 0 Å². The summed E-state index contributed by atoms with van der Waals surface area (Å²) in [5, 5.41) is 22.6. The first-order valence-corrected chi connectivity index (χ1v) is 6.57. The van der Waals surface area contributed by atoms with Crippen LogP contribution in [0.5, 0.6) is 0 Å². The highest BCUT2D eigenvalue weighted by atomic mass is 16.6. The number of nitro benzene ring substituents is 1. The average Bonchev–Trinajstić information content (AvgIpc) is 3.20. The Balaban J connectivity index is 2.16. The topological polar surface area (TPSA) is 110 Å². The van der Waals surface area contributed by atoms with E-state index in [4.69, 9.17) is 5.11 Å². The molecule has 0 bridgehead atoms. The Morgan fingerprint density at radius 2 is 2.05 bits per heavy atom. The largest absolute Gasteiger partial charge is 0.480 e. The van der Waals surface area contributed by atoms with E-state index < -0.39 is 28.3 Å². The van der Waals surface area contributed by atoms with Gasteiger partial charge in [0.05, 0.1) is 11.0 Å². The molecule has 7 nitrogen and oxygen atoms in total. The fourth-order valence-corrected chi connectivity index (χ4v) is 2.17. The van der Waals surface area contributed by atoms with E-state index in [0.717, 1.165) is 0 Å². The third kappa shape index (κ3) is 2.72. The number of hydrogen-bond donors (Lipinski definition) is 2. The number of nitrogens with zero attached hydrogens (tertiary/aromatic N) is 1. The molecule has 2 N–H and O–H groups in total. The van der Waals surface area contributed by atoms with Crippen molar-refractivity contribution in [2.45, 2.75) is 32.7 Å². The maximum atomic E-state index is 12.0. The fraction of sp³-hybridized carbons (Fsp3) is 0.429. The zero-order valence-corrected chi connectivity index (χ0v) is 11.8. The minimum atomic E-state index is -1.31. The average molecular weight is 292 g/mol. The number of aryl methyl sites for hydroxylation is 1. The van der Waals surface area contributed by atoms with Gasteiger partial charge in [-0.1, -0.05) is 12.1 Å². The molecule has 0 heterocycles. The minimum absolute atomic E-state index is 0.0204. The molecule has 1 aliphatic carbocycles. The summed E-state index contributed by atoms with van der Waals surface area (Å²) in [6, 6.07) is 4.21. The summed E-state index contributed by atoms with van der Waals surface area (Å²) in [5.41, 5.74) is -0.230. The van der Waals surface area contributed by atoms with E-state index in [1.165, 1.54) is 6.07 Å². The number of carbonyl (C=O) groups excluding carboxylic acids is 1. The molecule has 0 saturated heterocycles. The summed E-state index contributed by atoms with van der Waals surface area (Å²) < 4.78 is 0. The zero-order valence-electron chi connectivity index (χ0n) is 11.8. The number of carboxylic acid groups (broad SMARTS) is 1. The Kier molecular flexibility index (Phi) is 3.67. The Labute approximate surface area is 121 Å². The van der Waals surface area contributed by atoms with Crippen LogP contribution in [0.3, 0.4) is 0 Å². The molecule has 7 heteroatoms. The summed E-state index contributed by atoms with van der Waals surface area (Å²) in [5.74, 6) is -1.66. The summed E-state index contributed by atoms with van der Waals surface area (Å²) in [4.78, 5) is 33.5. The predicted octanol–water partition coefficient (Wildman–Crippen LogP) is 1.95. The Hall–Kier alpha value is -2.44. The molecule has 21 heavy (non-hydrogen) atoms. The maximum Gasteiger partial charge on any atom is 0.319 e. The number of hydrogen-bond acceptors (Lipinski definition) is 4. The van der Waals surface area contributed by atoms with Gasteiger partial charge < -0.3 is 10.4 Å². The molecule has 0 aliphatic heterocycles.